The van der Waals surface area contributed by atoms with Gasteiger partial charge in [-0.3, -0.25) is 9.69 Å². The standard InChI is InChI=1S/C18H24F3N3O2/c19-18(20,21)13-26-16-3-1-2-14(10-16)11-17(25)24-7-4-15(12-24)23-8-5-22-6-9-23/h1-3,10,15,22H,4-9,11-13H2. The van der Waals surface area contributed by atoms with Gasteiger partial charge in [-0.15, -0.1) is 0 Å². The van der Waals surface area contributed by atoms with Gasteiger partial charge in [0.2, 0.25) is 5.91 Å². The zero-order chi connectivity index (χ0) is 18.6. The van der Waals surface area contributed by atoms with Gasteiger partial charge in [0.1, 0.15) is 5.75 Å². The van der Waals surface area contributed by atoms with E-state index in [1.54, 1.807) is 12.1 Å². The van der Waals surface area contributed by atoms with Crippen molar-refractivity contribution in [1.29, 1.82) is 0 Å². The Kier molecular flexibility index (Phi) is 6.03. The van der Waals surface area contributed by atoms with E-state index < -0.39 is 12.8 Å². The molecule has 1 N–H and O–H groups in total. The summed E-state index contributed by atoms with van der Waals surface area (Å²) in [6, 6.07) is 6.73. The highest BCUT2D eigenvalue weighted by Crippen LogP contribution is 2.21. The molecule has 2 saturated heterocycles. The van der Waals surface area contributed by atoms with Crippen LogP contribution in [0.25, 0.3) is 0 Å². The van der Waals surface area contributed by atoms with E-state index in [-0.39, 0.29) is 18.1 Å². The van der Waals surface area contributed by atoms with Gasteiger partial charge in [-0.1, -0.05) is 12.1 Å². The van der Waals surface area contributed by atoms with Crippen LogP contribution in [0.3, 0.4) is 0 Å². The van der Waals surface area contributed by atoms with E-state index in [2.05, 4.69) is 10.2 Å². The van der Waals surface area contributed by atoms with Gasteiger partial charge >= 0.3 is 6.18 Å². The van der Waals surface area contributed by atoms with Crippen LogP contribution in [0.15, 0.2) is 24.3 Å². The van der Waals surface area contributed by atoms with Gasteiger partial charge in [-0.2, -0.15) is 13.2 Å². The monoisotopic (exact) mass is 371 g/mol. The maximum atomic E-state index is 12.5. The molecule has 2 fully saturated rings. The first kappa shape index (κ1) is 19.0. The Morgan fingerprint density at radius 1 is 1.23 bits per heavy atom. The van der Waals surface area contributed by atoms with Crippen LogP contribution in [-0.4, -0.2) is 73.8 Å². The Morgan fingerprint density at radius 2 is 2.00 bits per heavy atom. The predicted octanol–water partition coefficient (Wildman–Crippen LogP) is 1.68. The molecule has 0 saturated carbocycles. The second-order valence-corrected chi connectivity index (χ2v) is 6.80. The molecule has 144 valence electrons. The van der Waals surface area contributed by atoms with Crippen LogP contribution in [0.4, 0.5) is 13.2 Å². The molecule has 0 radical (unpaired) electrons. The number of amides is 1. The zero-order valence-corrected chi connectivity index (χ0v) is 14.6. The molecule has 8 heteroatoms. The van der Waals surface area contributed by atoms with Crippen molar-refractivity contribution >= 4 is 5.91 Å². The molecule has 3 rings (SSSR count). The lowest BCUT2D eigenvalue weighted by Gasteiger charge is -2.32. The summed E-state index contributed by atoms with van der Waals surface area (Å²) >= 11 is 0. The number of hydrogen-bond acceptors (Lipinski definition) is 4. The SMILES string of the molecule is O=C(Cc1cccc(OCC(F)(F)F)c1)N1CCC(N2CCNCC2)C1. The smallest absolute Gasteiger partial charge is 0.422 e. The quantitative estimate of drug-likeness (QED) is 0.856. The summed E-state index contributed by atoms with van der Waals surface area (Å²) in [5.74, 6) is 0.142. The number of carbonyl (C=O) groups excluding carboxylic acids is 1. The van der Waals surface area contributed by atoms with Gasteiger partial charge in [0.05, 0.1) is 6.42 Å². The molecule has 5 nitrogen and oxygen atoms in total. The molecule has 0 aliphatic carbocycles. The first-order valence-electron chi connectivity index (χ1n) is 8.92. The molecule has 0 spiro atoms. The second kappa shape index (κ2) is 8.26. The number of halogens is 3. The molecular formula is C18H24F3N3O2. The van der Waals surface area contributed by atoms with Crippen LogP contribution in [0.5, 0.6) is 5.75 Å². The summed E-state index contributed by atoms with van der Waals surface area (Å²) in [5.41, 5.74) is 0.667. The van der Waals surface area contributed by atoms with Crippen molar-refractivity contribution in [2.24, 2.45) is 0 Å². The molecule has 1 aromatic carbocycles. The molecule has 1 atom stereocenters. The first-order chi connectivity index (χ1) is 12.4. The molecule has 1 aromatic rings. The maximum absolute atomic E-state index is 12.5. The van der Waals surface area contributed by atoms with Crippen LogP contribution in [0.2, 0.25) is 0 Å². The largest absolute Gasteiger partial charge is 0.484 e. The van der Waals surface area contributed by atoms with E-state index in [1.165, 1.54) is 12.1 Å². The number of nitrogens with one attached hydrogen (secondary N) is 1. The van der Waals surface area contributed by atoms with Gasteiger partial charge < -0.3 is 15.0 Å². The molecule has 0 aromatic heterocycles. The summed E-state index contributed by atoms with van der Waals surface area (Å²) in [7, 11) is 0. The van der Waals surface area contributed by atoms with E-state index in [9.17, 15) is 18.0 Å². The van der Waals surface area contributed by atoms with Crippen molar-refractivity contribution < 1.29 is 22.7 Å². The average Bonchev–Trinajstić information content (AvgIpc) is 3.11. The third-order valence-corrected chi connectivity index (χ3v) is 4.84. The Hall–Kier alpha value is -1.80. The number of carbonyl (C=O) groups is 1. The van der Waals surface area contributed by atoms with Crippen molar-refractivity contribution in [2.75, 3.05) is 45.9 Å². The summed E-state index contributed by atoms with van der Waals surface area (Å²) in [5, 5.41) is 3.33. The van der Waals surface area contributed by atoms with Crippen molar-refractivity contribution in [1.82, 2.24) is 15.1 Å². The Balaban J connectivity index is 1.51. The summed E-state index contributed by atoms with van der Waals surface area (Å²) in [6.07, 6.45) is -3.22. The molecule has 0 bridgehead atoms. The van der Waals surface area contributed by atoms with Crippen molar-refractivity contribution in [3.63, 3.8) is 0 Å². The van der Waals surface area contributed by atoms with Crippen molar-refractivity contribution in [2.45, 2.75) is 25.1 Å². The average molecular weight is 371 g/mol. The molecule has 1 amide bonds. The lowest BCUT2D eigenvalue weighted by molar-refractivity contribution is -0.153. The molecule has 1 unspecified atom stereocenters. The molecule has 2 aliphatic rings. The summed E-state index contributed by atoms with van der Waals surface area (Å²) in [4.78, 5) is 16.8. The van der Waals surface area contributed by atoms with E-state index in [1.807, 2.05) is 4.90 Å². The number of nitrogens with zero attached hydrogens (tertiary/aromatic N) is 2. The van der Waals surface area contributed by atoms with Crippen LogP contribution in [0.1, 0.15) is 12.0 Å². The van der Waals surface area contributed by atoms with Crippen LogP contribution in [0, 0.1) is 0 Å². The molecular weight excluding hydrogens is 347 g/mol. The molecule has 2 aliphatic heterocycles. The Bertz CT molecular complexity index is 618. The highest BCUT2D eigenvalue weighted by atomic mass is 19.4. The fourth-order valence-electron chi connectivity index (χ4n) is 3.51. The van der Waals surface area contributed by atoms with Gasteiger partial charge in [0, 0.05) is 45.3 Å². The van der Waals surface area contributed by atoms with Crippen molar-refractivity contribution in [3.8, 4) is 5.75 Å². The number of rotatable bonds is 5. The predicted molar refractivity (Wildman–Crippen MR) is 91.1 cm³/mol. The van der Waals surface area contributed by atoms with Gasteiger partial charge in [-0.05, 0) is 24.1 Å². The fraction of sp³-hybridized carbons (Fsp3) is 0.611. The lowest BCUT2D eigenvalue weighted by Crippen LogP contribution is -2.49. The number of hydrogen-bond donors (Lipinski definition) is 1. The molecule has 2 heterocycles. The van der Waals surface area contributed by atoms with E-state index in [0.29, 0.717) is 11.6 Å². The van der Waals surface area contributed by atoms with E-state index in [0.717, 1.165) is 45.7 Å². The van der Waals surface area contributed by atoms with Crippen LogP contribution < -0.4 is 10.1 Å². The summed E-state index contributed by atoms with van der Waals surface area (Å²) in [6.45, 7) is 4.10. The highest BCUT2D eigenvalue weighted by Gasteiger charge is 2.31. The molecule has 26 heavy (non-hydrogen) atoms. The zero-order valence-electron chi connectivity index (χ0n) is 14.6. The van der Waals surface area contributed by atoms with Gasteiger partial charge in [-0.25, -0.2) is 0 Å². The Labute approximate surface area is 151 Å². The number of likely N-dealkylation sites (tertiary alicyclic amines) is 1. The van der Waals surface area contributed by atoms with Gasteiger partial charge in [0.15, 0.2) is 6.61 Å². The number of ether oxygens (including phenoxy) is 1. The third-order valence-electron chi connectivity index (χ3n) is 4.84. The lowest BCUT2D eigenvalue weighted by atomic mass is 10.1. The van der Waals surface area contributed by atoms with E-state index >= 15 is 0 Å². The number of alkyl halides is 3. The normalized spacial score (nSPS) is 21.8. The minimum absolute atomic E-state index is 0.00982. The minimum Gasteiger partial charge on any atom is -0.484 e. The van der Waals surface area contributed by atoms with Gasteiger partial charge in [0.25, 0.3) is 0 Å². The summed E-state index contributed by atoms with van der Waals surface area (Å²) < 4.78 is 41.5. The Morgan fingerprint density at radius 3 is 2.73 bits per heavy atom. The number of piperazine rings is 1. The van der Waals surface area contributed by atoms with Crippen molar-refractivity contribution in [3.05, 3.63) is 29.8 Å². The highest BCUT2D eigenvalue weighted by molar-refractivity contribution is 5.79. The van der Waals surface area contributed by atoms with Crippen LogP contribution in [-0.2, 0) is 11.2 Å². The third kappa shape index (κ3) is 5.35. The second-order valence-electron chi connectivity index (χ2n) is 6.80. The number of benzene rings is 1. The maximum Gasteiger partial charge on any atom is 0.422 e. The van der Waals surface area contributed by atoms with E-state index in [4.69, 9.17) is 4.74 Å². The first-order valence-corrected chi connectivity index (χ1v) is 8.92. The minimum atomic E-state index is -4.37. The topological polar surface area (TPSA) is 44.8 Å². The fourth-order valence-corrected chi connectivity index (χ4v) is 3.51. The van der Waals surface area contributed by atoms with Crippen LogP contribution >= 0.6 is 0 Å².